The highest BCUT2D eigenvalue weighted by Gasteiger charge is 2.39. The Hall–Kier alpha value is -0.0231. The number of rotatable bonds is 18. The fourth-order valence-corrected chi connectivity index (χ4v) is 5.67. The molecule has 0 fully saturated rings. The van der Waals surface area contributed by atoms with Gasteiger partial charge in [-0.1, -0.05) is 0 Å². The Morgan fingerprint density at radius 3 is 1.31 bits per heavy atom. The third-order valence-corrected chi connectivity index (χ3v) is 7.36. The molecule has 7 heteroatoms. The van der Waals surface area contributed by atoms with Crippen LogP contribution in [-0.4, -0.2) is 104 Å². The van der Waals surface area contributed by atoms with Crippen LogP contribution in [0.15, 0.2) is 0 Å². The minimum atomic E-state index is -2.50. The zero-order valence-electron chi connectivity index (χ0n) is 18.6. The quantitative estimate of drug-likeness (QED) is 0.334. The summed E-state index contributed by atoms with van der Waals surface area (Å²) in [4.78, 5) is 7.11. The van der Waals surface area contributed by atoms with Gasteiger partial charge in [0.25, 0.3) is 0 Å². The second-order valence-corrected chi connectivity index (χ2v) is 9.97. The summed E-state index contributed by atoms with van der Waals surface area (Å²) in [5.41, 5.74) is 0. The van der Waals surface area contributed by atoms with Gasteiger partial charge in [-0.25, -0.2) is 0 Å². The standard InChI is InChI=1S/C19H45N3O3Si/c1-8-23-26(24-9-2,25-10-3)19-13-18-22(16-11-14-20(4)5)17-12-15-21(6)7/h8-19H2,1-7H3. The molecule has 0 aromatic carbocycles. The molecular weight excluding hydrogens is 346 g/mol. The highest BCUT2D eigenvalue weighted by Crippen LogP contribution is 2.18. The van der Waals surface area contributed by atoms with Crippen LogP contribution in [0.4, 0.5) is 0 Å². The van der Waals surface area contributed by atoms with Crippen molar-refractivity contribution in [2.45, 2.75) is 46.1 Å². The van der Waals surface area contributed by atoms with E-state index in [4.69, 9.17) is 13.3 Å². The normalized spacial score (nSPS) is 12.7. The molecule has 158 valence electrons. The predicted molar refractivity (Wildman–Crippen MR) is 113 cm³/mol. The fraction of sp³-hybridized carbons (Fsp3) is 1.00. The molecule has 0 bridgehead atoms. The van der Waals surface area contributed by atoms with Gasteiger partial charge in [-0.3, -0.25) is 0 Å². The van der Waals surface area contributed by atoms with Crippen molar-refractivity contribution < 1.29 is 13.3 Å². The summed E-state index contributed by atoms with van der Waals surface area (Å²) in [6.07, 6.45) is 3.48. The fourth-order valence-electron chi connectivity index (χ4n) is 3.08. The Labute approximate surface area is 164 Å². The smallest absolute Gasteiger partial charge is 0.374 e. The van der Waals surface area contributed by atoms with Gasteiger partial charge >= 0.3 is 8.80 Å². The van der Waals surface area contributed by atoms with E-state index in [9.17, 15) is 0 Å². The Bertz CT molecular complexity index is 289. The molecule has 0 spiro atoms. The van der Waals surface area contributed by atoms with Gasteiger partial charge in [-0.2, -0.15) is 0 Å². The summed E-state index contributed by atoms with van der Waals surface area (Å²) in [5, 5.41) is 0. The van der Waals surface area contributed by atoms with Crippen molar-refractivity contribution in [3.8, 4) is 0 Å². The maximum absolute atomic E-state index is 5.98. The first-order chi connectivity index (χ1) is 12.4. The first-order valence-corrected chi connectivity index (χ1v) is 12.3. The summed E-state index contributed by atoms with van der Waals surface area (Å²) in [6.45, 7) is 13.7. The lowest BCUT2D eigenvalue weighted by Gasteiger charge is -2.30. The van der Waals surface area contributed by atoms with Gasteiger partial charge < -0.3 is 28.0 Å². The Kier molecular flexibility index (Phi) is 16.0. The highest BCUT2D eigenvalue weighted by atomic mass is 28.4. The molecule has 0 saturated heterocycles. The van der Waals surface area contributed by atoms with E-state index < -0.39 is 8.80 Å². The summed E-state index contributed by atoms with van der Waals surface area (Å²) < 4.78 is 17.9. The Morgan fingerprint density at radius 2 is 0.962 bits per heavy atom. The molecule has 0 rings (SSSR count). The topological polar surface area (TPSA) is 37.4 Å². The maximum Gasteiger partial charge on any atom is 0.500 e. The Morgan fingerprint density at radius 1 is 0.577 bits per heavy atom. The summed E-state index contributed by atoms with van der Waals surface area (Å²) in [6, 6.07) is 0.903. The zero-order valence-corrected chi connectivity index (χ0v) is 19.6. The lowest BCUT2D eigenvalue weighted by Crippen LogP contribution is -2.46. The SMILES string of the molecule is CCO[Si](CCCN(CCCN(C)C)CCCN(C)C)(OCC)OCC. The second-order valence-electron chi connectivity index (χ2n) is 7.24. The van der Waals surface area contributed by atoms with Crippen molar-refractivity contribution in [3.05, 3.63) is 0 Å². The number of hydrogen-bond acceptors (Lipinski definition) is 6. The molecule has 0 amide bonds. The van der Waals surface area contributed by atoms with Gasteiger partial charge in [0, 0.05) is 25.9 Å². The second kappa shape index (κ2) is 16.0. The third-order valence-electron chi connectivity index (χ3n) is 4.21. The monoisotopic (exact) mass is 391 g/mol. The Balaban J connectivity index is 4.54. The first kappa shape index (κ1) is 26.0. The molecular formula is C19H45N3O3Si. The first-order valence-electron chi connectivity index (χ1n) is 10.3. The van der Waals surface area contributed by atoms with Gasteiger partial charge in [-0.05, 0) is 101 Å². The molecule has 0 heterocycles. The van der Waals surface area contributed by atoms with E-state index in [1.807, 2.05) is 20.8 Å². The molecule has 0 aliphatic carbocycles. The lowest BCUT2D eigenvalue weighted by molar-refractivity contribution is 0.0698. The van der Waals surface area contributed by atoms with Gasteiger partial charge in [0.1, 0.15) is 0 Å². The lowest BCUT2D eigenvalue weighted by atomic mass is 10.3. The molecule has 0 atom stereocenters. The van der Waals surface area contributed by atoms with Gasteiger partial charge in [0.2, 0.25) is 0 Å². The molecule has 0 radical (unpaired) electrons. The molecule has 0 N–H and O–H groups in total. The van der Waals surface area contributed by atoms with Crippen LogP contribution in [0.3, 0.4) is 0 Å². The molecule has 26 heavy (non-hydrogen) atoms. The van der Waals surface area contributed by atoms with Crippen LogP contribution >= 0.6 is 0 Å². The van der Waals surface area contributed by atoms with Crippen LogP contribution in [0.1, 0.15) is 40.0 Å². The summed E-state index contributed by atoms with van der Waals surface area (Å²) in [5.74, 6) is 0. The van der Waals surface area contributed by atoms with E-state index in [-0.39, 0.29) is 0 Å². The predicted octanol–water partition coefficient (Wildman–Crippen LogP) is 2.63. The van der Waals surface area contributed by atoms with E-state index in [2.05, 4.69) is 42.9 Å². The van der Waals surface area contributed by atoms with Gasteiger partial charge in [-0.15, -0.1) is 0 Å². The van der Waals surface area contributed by atoms with E-state index >= 15 is 0 Å². The summed E-state index contributed by atoms with van der Waals surface area (Å²) >= 11 is 0. The van der Waals surface area contributed by atoms with Crippen molar-refractivity contribution in [2.24, 2.45) is 0 Å². The van der Waals surface area contributed by atoms with E-state index in [0.29, 0.717) is 19.8 Å². The van der Waals surface area contributed by atoms with Crippen LogP contribution < -0.4 is 0 Å². The maximum atomic E-state index is 5.98. The van der Waals surface area contributed by atoms with Gasteiger partial charge in [0.05, 0.1) is 0 Å². The van der Waals surface area contributed by atoms with Crippen molar-refractivity contribution in [2.75, 3.05) is 80.7 Å². The van der Waals surface area contributed by atoms with Crippen LogP contribution in [0.5, 0.6) is 0 Å². The van der Waals surface area contributed by atoms with Crippen LogP contribution in [0.2, 0.25) is 6.04 Å². The van der Waals surface area contributed by atoms with Crippen LogP contribution in [0.25, 0.3) is 0 Å². The largest absolute Gasteiger partial charge is 0.500 e. The zero-order chi connectivity index (χ0) is 19.8. The molecule has 6 nitrogen and oxygen atoms in total. The third kappa shape index (κ3) is 13.2. The van der Waals surface area contributed by atoms with Crippen LogP contribution in [-0.2, 0) is 13.3 Å². The minimum Gasteiger partial charge on any atom is -0.374 e. The van der Waals surface area contributed by atoms with Crippen molar-refractivity contribution >= 4 is 8.80 Å². The molecule has 0 aromatic rings. The van der Waals surface area contributed by atoms with E-state index in [1.165, 1.54) is 12.8 Å². The van der Waals surface area contributed by atoms with Crippen LogP contribution in [0, 0.1) is 0 Å². The minimum absolute atomic E-state index is 0.654. The van der Waals surface area contributed by atoms with E-state index in [0.717, 1.165) is 45.2 Å². The summed E-state index contributed by atoms with van der Waals surface area (Å²) in [7, 11) is 6.06. The molecule has 0 saturated carbocycles. The van der Waals surface area contributed by atoms with Crippen molar-refractivity contribution in [3.63, 3.8) is 0 Å². The average molecular weight is 392 g/mol. The van der Waals surface area contributed by atoms with Crippen molar-refractivity contribution in [1.82, 2.24) is 14.7 Å². The molecule has 0 aromatic heterocycles. The highest BCUT2D eigenvalue weighted by molar-refractivity contribution is 6.60. The molecule has 0 aliphatic rings. The van der Waals surface area contributed by atoms with Gasteiger partial charge in [0.15, 0.2) is 0 Å². The number of hydrogen-bond donors (Lipinski definition) is 0. The molecule has 0 aliphatic heterocycles. The van der Waals surface area contributed by atoms with E-state index in [1.54, 1.807) is 0 Å². The average Bonchev–Trinajstić information content (AvgIpc) is 2.54. The molecule has 0 unspecified atom stereocenters. The number of nitrogens with zero attached hydrogens (tertiary/aromatic N) is 3. The van der Waals surface area contributed by atoms with Crippen molar-refractivity contribution in [1.29, 1.82) is 0 Å².